The number of nitriles is 1. The molecular weight excluding hydrogens is 353 g/mol. The Labute approximate surface area is 149 Å². The summed E-state index contributed by atoms with van der Waals surface area (Å²) in [5, 5.41) is 9.74. The number of hydrogen-bond acceptors (Lipinski definition) is 5. The molecule has 126 valence electrons. The first-order chi connectivity index (χ1) is 11.3. The third kappa shape index (κ3) is 3.28. The molecule has 1 aromatic heterocycles. The number of anilines is 1. The number of carbonyl (C=O) groups excluding carboxylic acids is 1. The van der Waals surface area contributed by atoms with Crippen molar-refractivity contribution >= 4 is 34.9 Å². The lowest BCUT2D eigenvalue weighted by molar-refractivity contribution is 0.0593. The molecule has 0 radical (unpaired) electrons. The standard InChI is InChI=1S/C16H15Cl2N3O3/c1-8(2)24-13-5-10(17)12(4-11(13)18)21-7-9(6-19)14(20)15(21)16(22)23-3/h4-5,7-8H,20H2,1-3H3. The Balaban J connectivity index is 2.67. The highest BCUT2D eigenvalue weighted by Gasteiger charge is 2.23. The van der Waals surface area contributed by atoms with Gasteiger partial charge in [-0.2, -0.15) is 5.26 Å². The van der Waals surface area contributed by atoms with Gasteiger partial charge >= 0.3 is 5.97 Å². The van der Waals surface area contributed by atoms with Gasteiger partial charge in [-0.25, -0.2) is 4.79 Å². The largest absolute Gasteiger partial charge is 0.489 e. The number of nitrogen functional groups attached to an aromatic ring is 1. The van der Waals surface area contributed by atoms with Gasteiger partial charge in [0.1, 0.15) is 11.8 Å². The van der Waals surface area contributed by atoms with Crippen LogP contribution in [0.4, 0.5) is 5.69 Å². The molecule has 0 saturated carbocycles. The molecule has 2 N–H and O–H groups in total. The molecule has 24 heavy (non-hydrogen) atoms. The van der Waals surface area contributed by atoms with E-state index in [2.05, 4.69) is 0 Å². The number of aromatic nitrogens is 1. The Morgan fingerprint density at radius 1 is 1.33 bits per heavy atom. The van der Waals surface area contributed by atoms with Crippen LogP contribution in [0.3, 0.4) is 0 Å². The van der Waals surface area contributed by atoms with Gasteiger partial charge in [0.25, 0.3) is 0 Å². The lowest BCUT2D eigenvalue weighted by atomic mass is 10.2. The number of nitrogens with two attached hydrogens (primary N) is 1. The van der Waals surface area contributed by atoms with Crippen LogP contribution in [0.2, 0.25) is 10.0 Å². The van der Waals surface area contributed by atoms with Crippen molar-refractivity contribution in [3.63, 3.8) is 0 Å². The molecule has 8 heteroatoms. The second-order valence-electron chi connectivity index (χ2n) is 5.18. The van der Waals surface area contributed by atoms with E-state index < -0.39 is 5.97 Å². The topological polar surface area (TPSA) is 90.3 Å². The minimum atomic E-state index is -0.691. The maximum absolute atomic E-state index is 12.0. The molecule has 0 spiro atoms. The fourth-order valence-electron chi connectivity index (χ4n) is 2.15. The van der Waals surface area contributed by atoms with Crippen molar-refractivity contribution in [3.8, 4) is 17.5 Å². The molecule has 0 aliphatic carbocycles. The van der Waals surface area contributed by atoms with Crippen molar-refractivity contribution in [2.75, 3.05) is 12.8 Å². The minimum absolute atomic E-state index is 0.00421. The van der Waals surface area contributed by atoms with Crippen LogP contribution < -0.4 is 10.5 Å². The van der Waals surface area contributed by atoms with Crippen molar-refractivity contribution in [1.82, 2.24) is 4.57 Å². The number of halogens is 2. The number of methoxy groups -OCH3 is 1. The van der Waals surface area contributed by atoms with Crippen LogP contribution in [0, 0.1) is 11.3 Å². The molecule has 1 aromatic carbocycles. The smallest absolute Gasteiger partial charge is 0.357 e. The molecule has 6 nitrogen and oxygen atoms in total. The van der Waals surface area contributed by atoms with Crippen LogP contribution in [0.25, 0.3) is 5.69 Å². The van der Waals surface area contributed by atoms with Gasteiger partial charge in [0.05, 0.1) is 40.2 Å². The third-order valence-corrected chi connectivity index (χ3v) is 3.77. The summed E-state index contributed by atoms with van der Waals surface area (Å²) in [6, 6.07) is 5.00. The minimum Gasteiger partial charge on any atom is -0.489 e. The Hall–Kier alpha value is -2.36. The van der Waals surface area contributed by atoms with E-state index in [1.54, 1.807) is 6.07 Å². The highest BCUT2D eigenvalue weighted by molar-refractivity contribution is 6.35. The monoisotopic (exact) mass is 367 g/mol. The van der Waals surface area contributed by atoms with E-state index in [0.717, 1.165) is 0 Å². The maximum atomic E-state index is 12.0. The van der Waals surface area contributed by atoms with E-state index in [1.165, 1.54) is 23.9 Å². The van der Waals surface area contributed by atoms with Gasteiger partial charge in [0.15, 0.2) is 5.69 Å². The van der Waals surface area contributed by atoms with Gasteiger partial charge in [-0.3, -0.25) is 0 Å². The summed E-state index contributed by atoms with van der Waals surface area (Å²) in [5.74, 6) is -0.274. The number of rotatable bonds is 4. The number of benzene rings is 1. The van der Waals surface area contributed by atoms with E-state index in [4.69, 9.17) is 43.7 Å². The summed E-state index contributed by atoms with van der Waals surface area (Å²) in [6.45, 7) is 3.72. The summed E-state index contributed by atoms with van der Waals surface area (Å²) in [5.41, 5.74) is 6.40. The van der Waals surface area contributed by atoms with E-state index in [0.29, 0.717) is 16.5 Å². The van der Waals surface area contributed by atoms with Crippen LogP contribution in [-0.4, -0.2) is 23.8 Å². The Kier molecular flexibility index (Phi) is 5.27. The molecule has 0 atom stereocenters. The van der Waals surface area contributed by atoms with Crippen molar-refractivity contribution in [1.29, 1.82) is 5.26 Å². The van der Waals surface area contributed by atoms with Crippen molar-refractivity contribution in [2.45, 2.75) is 20.0 Å². The fourth-order valence-corrected chi connectivity index (χ4v) is 2.60. The Morgan fingerprint density at radius 2 is 2.00 bits per heavy atom. The summed E-state index contributed by atoms with van der Waals surface area (Å²) in [4.78, 5) is 12.0. The summed E-state index contributed by atoms with van der Waals surface area (Å²) in [7, 11) is 1.22. The normalized spacial score (nSPS) is 10.5. The van der Waals surface area contributed by atoms with Crippen LogP contribution in [0.5, 0.6) is 5.75 Å². The quantitative estimate of drug-likeness (QED) is 0.829. The van der Waals surface area contributed by atoms with E-state index in [1.807, 2.05) is 19.9 Å². The van der Waals surface area contributed by atoms with Crippen LogP contribution >= 0.6 is 23.2 Å². The second-order valence-corrected chi connectivity index (χ2v) is 5.99. The lowest BCUT2D eigenvalue weighted by Gasteiger charge is -2.15. The average molecular weight is 368 g/mol. The van der Waals surface area contributed by atoms with Crippen LogP contribution in [0.1, 0.15) is 29.9 Å². The van der Waals surface area contributed by atoms with Crippen LogP contribution in [0.15, 0.2) is 18.3 Å². The number of carbonyl (C=O) groups is 1. The van der Waals surface area contributed by atoms with Crippen molar-refractivity contribution in [3.05, 3.63) is 39.6 Å². The predicted octanol–water partition coefficient (Wildman–Crippen LogP) is 3.81. The maximum Gasteiger partial charge on any atom is 0.357 e. The van der Waals surface area contributed by atoms with Gasteiger partial charge in [0, 0.05) is 12.3 Å². The van der Waals surface area contributed by atoms with Gasteiger partial charge < -0.3 is 19.8 Å². The van der Waals surface area contributed by atoms with E-state index in [-0.39, 0.29) is 28.1 Å². The Bertz CT molecular complexity index is 838. The summed E-state index contributed by atoms with van der Waals surface area (Å²) in [6.07, 6.45) is 1.32. The fraction of sp³-hybridized carbons (Fsp3) is 0.250. The number of ether oxygens (including phenoxy) is 2. The summed E-state index contributed by atoms with van der Waals surface area (Å²) >= 11 is 12.5. The third-order valence-electron chi connectivity index (χ3n) is 3.17. The first-order valence-electron chi connectivity index (χ1n) is 6.95. The van der Waals surface area contributed by atoms with E-state index >= 15 is 0 Å². The molecule has 0 saturated heterocycles. The zero-order valence-electron chi connectivity index (χ0n) is 13.3. The molecule has 0 aliphatic rings. The van der Waals surface area contributed by atoms with Gasteiger partial charge in [-0.15, -0.1) is 0 Å². The zero-order chi connectivity index (χ0) is 18.0. The molecule has 0 amide bonds. The van der Waals surface area contributed by atoms with E-state index in [9.17, 15) is 4.79 Å². The SMILES string of the molecule is COC(=O)c1c(N)c(C#N)cn1-c1cc(Cl)c(OC(C)C)cc1Cl. The zero-order valence-corrected chi connectivity index (χ0v) is 14.8. The summed E-state index contributed by atoms with van der Waals surface area (Å²) < 4.78 is 11.7. The average Bonchev–Trinajstić information content (AvgIpc) is 2.85. The molecule has 0 aliphatic heterocycles. The molecule has 2 rings (SSSR count). The highest BCUT2D eigenvalue weighted by Crippen LogP contribution is 2.36. The van der Waals surface area contributed by atoms with Crippen molar-refractivity contribution < 1.29 is 14.3 Å². The Morgan fingerprint density at radius 3 is 2.54 bits per heavy atom. The molecule has 0 unspecified atom stereocenters. The molecule has 1 heterocycles. The number of esters is 1. The molecule has 2 aromatic rings. The first kappa shape index (κ1) is 18.0. The predicted molar refractivity (Wildman–Crippen MR) is 92.0 cm³/mol. The lowest BCUT2D eigenvalue weighted by Crippen LogP contribution is -2.12. The molecule has 0 fully saturated rings. The van der Waals surface area contributed by atoms with Gasteiger partial charge in [-0.05, 0) is 19.9 Å². The molecule has 0 bridgehead atoms. The van der Waals surface area contributed by atoms with Gasteiger partial charge in [0.2, 0.25) is 0 Å². The number of nitrogens with zero attached hydrogens (tertiary/aromatic N) is 2. The first-order valence-corrected chi connectivity index (χ1v) is 7.71. The molecular formula is C16H15Cl2N3O3. The van der Waals surface area contributed by atoms with Crippen LogP contribution in [-0.2, 0) is 4.74 Å². The number of hydrogen-bond donors (Lipinski definition) is 1. The second kappa shape index (κ2) is 7.04. The van der Waals surface area contributed by atoms with Gasteiger partial charge in [-0.1, -0.05) is 23.2 Å². The van der Waals surface area contributed by atoms with Crippen molar-refractivity contribution in [2.24, 2.45) is 0 Å². The highest BCUT2D eigenvalue weighted by atomic mass is 35.5.